The van der Waals surface area contributed by atoms with E-state index in [1.54, 1.807) is 0 Å². The molecule has 1 aromatic carbocycles. The van der Waals surface area contributed by atoms with Gasteiger partial charge in [-0.3, -0.25) is 5.10 Å². The van der Waals surface area contributed by atoms with E-state index in [-0.39, 0.29) is 0 Å². The lowest BCUT2D eigenvalue weighted by Crippen LogP contribution is -2.07. The molecule has 20 heavy (non-hydrogen) atoms. The zero-order valence-electron chi connectivity index (χ0n) is 11.8. The standard InChI is InChI=1S/C16H22N4/c1-3-7-13(8-4-1)16-18-15(19-20-16)11-12-17-14-9-5-2-6-10-14/h2,5-6,9-10,13,17H,1,3-4,7-8,11-12H2,(H,18,19,20). The van der Waals surface area contributed by atoms with Gasteiger partial charge in [0, 0.05) is 24.6 Å². The second-order valence-electron chi connectivity index (χ2n) is 5.52. The number of para-hydroxylation sites is 1. The fraction of sp³-hybridized carbons (Fsp3) is 0.500. The van der Waals surface area contributed by atoms with Crippen molar-refractivity contribution in [2.45, 2.75) is 44.4 Å². The van der Waals surface area contributed by atoms with E-state index in [0.29, 0.717) is 5.92 Å². The first-order chi connectivity index (χ1) is 9.92. The maximum atomic E-state index is 4.66. The average molecular weight is 270 g/mol. The Hall–Kier alpha value is -1.84. The highest BCUT2D eigenvalue weighted by Gasteiger charge is 2.19. The van der Waals surface area contributed by atoms with E-state index in [1.807, 2.05) is 18.2 Å². The molecule has 0 amide bonds. The lowest BCUT2D eigenvalue weighted by Gasteiger charge is -2.18. The van der Waals surface area contributed by atoms with Crippen LogP contribution in [0.3, 0.4) is 0 Å². The van der Waals surface area contributed by atoms with Gasteiger partial charge < -0.3 is 5.32 Å². The van der Waals surface area contributed by atoms with Crippen molar-refractivity contribution in [2.24, 2.45) is 0 Å². The molecule has 1 aliphatic carbocycles. The van der Waals surface area contributed by atoms with Gasteiger partial charge in [-0.1, -0.05) is 37.5 Å². The summed E-state index contributed by atoms with van der Waals surface area (Å²) in [5, 5.41) is 10.9. The third-order valence-electron chi connectivity index (χ3n) is 3.98. The zero-order chi connectivity index (χ0) is 13.6. The molecule has 2 aromatic rings. The molecule has 0 aliphatic heterocycles. The van der Waals surface area contributed by atoms with Crippen molar-refractivity contribution >= 4 is 5.69 Å². The molecule has 0 radical (unpaired) electrons. The van der Waals surface area contributed by atoms with Crippen molar-refractivity contribution in [2.75, 3.05) is 11.9 Å². The van der Waals surface area contributed by atoms with Crippen LogP contribution in [0.5, 0.6) is 0 Å². The normalized spacial score (nSPS) is 16.2. The molecule has 4 heteroatoms. The number of H-pyrrole nitrogens is 1. The first-order valence-electron chi connectivity index (χ1n) is 7.62. The number of nitrogens with zero attached hydrogens (tertiary/aromatic N) is 2. The van der Waals surface area contributed by atoms with Crippen LogP contribution < -0.4 is 5.32 Å². The molecule has 1 saturated carbocycles. The Kier molecular flexibility index (Phi) is 4.31. The number of rotatable bonds is 5. The second-order valence-corrected chi connectivity index (χ2v) is 5.52. The predicted molar refractivity (Wildman–Crippen MR) is 80.8 cm³/mol. The van der Waals surface area contributed by atoms with Gasteiger partial charge in [-0.05, 0) is 25.0 Å². The molecule has 3 rings (SSSR count). The summed E-state index contributed by atoms with van der Waals surface area (Å²) < 4.78 is 0. The van der Waals surface area contributed by atoms with Crippen LogP contribution in [-0.4, -0.2) is 21.7 Å². The third kappa shape index (κ3) is 3.38. The van der Waals surface area contributed by atoms with E-state index in [9.17, 15) is 0 Å². The van der Waals surface area contributed by atoms with Gasteiger partial charge in [0.1, 0.15) is 5.82 Å². The van der Waals surface area contributed by atoms with Crippen LogP contribution in [0.4, 0.5) is 5.69 Å². The average Bonchev–Trinajstić information content (AvgIpc) is 2.98. The van der Waals surface area contributed by atoms with Gasteiger partial charge in [-0.2, -0.15) is 5.10 Å². The third-order valence-corrected chi connectivity index (χ3v) is 3.98. The molecule has 0 bridgehead atoms. The quantitative estimate of drug-likeness (QED) is 0.874. The van der Waals surface area contributed by atoms with Gasteiger partial charge in [0.2, 0.25) is 0 Å². The molecule has 2 N–H and O–H groups in total. The lowest BCUT2D eigenvalue weighted by atomic mass is 9.89. The van der Waals surface area contributed by atoms with E-state index in [1.165, 1.54) is 32.1 Å². The maximum Gasteiger partial charge on any atom is 0.153 e. The fourth-order valence-electron chi connectivity index (χ4n) is 2.85. The van der Waals surface area contributed by atoms with Crippen LogP contribution in [-0.2, 0) is 6.42 Å². The van der Waals surface area contributed by atoms with Gasteiger partial charge in [0.05, 0.1) is 0 Å². The lowest BCUT2D eigenvalue weighted by molar-refractivity contribution is 0.429. The summed E-state index contributed by atoms with van der Waals surface area (Å²) >= 11 is 0. The van der Waals surface area contributed by atoms with Crippen molar-refractivity contribution in [3.8, 4) is 0 Å². The van der Waals surface area contributed by atoms with Gasteiger partial charge in [0.15, 0.2) is 5.82 Å². The van der Waals surface area contributed by atoms with E-state index < -0.39 is 0 Å². The van der Waals surface area contributed by atoms with Crippen molar-refractivity contribution in [1.29, 1.82) is 0 Å². The molecule has 1 heterocycles. The number of nitrogens with one attached hydrogen (secondary N) is 2. The topological polar surface area (TPSA) is 53.6 Å². The molecule has 0 spiro atoms. The van der Waals surface area contributed by atoms with E-state index in [2.05, 4.69) is 32.6 Å². The Morgan fingerprint density at radius 2 is 1.90 bits per heavy atom. The minimum atomic E-state index is 0.579. The Morgan fingerprint density at radius 3 is 2.70 bits per heavy atom. The second kappa shape index (κ2) is 6.55. The summed E-state index contributed by atoms with van der Waals surface area (Å²) in [5.74, 6) is 2.60. The number of hydrogen-bond acceptors (Lipinski definition) is 3. The molecule has 4 nitrogen and oxygen atoms in total. The molecular formula is C16H22N4. The molecule has 0 atom stereocenters. The summed E-state index contributed by atoms with van der Waals surface area (Å²) in [6.45, 7) is 0.878. The van der Waals surface area contributed by atoms with Crippen LogP contribution in [0.1, 0.15) is 49.7 Å². The van der Waals surface area contributed by atoms with E-state index >= 15 is 0 Å². The highest BCUT2D eigenvalue weighted by Crippen LogP contribution is 2.30. The molecular weight excluding hydrogens is 248 g/mol. The van der Waals surface area contributed by atoms with E-state index in [0.717, 1.165) is 30.3 Å². The van der Waals surface area contributed by atoms with Crippen molar-refractivity contribution in [1.82, 2.24) is 15.2 Å². The molecule has 106 valence electrons. The minimum absolute atomic E-state index is 0.579. The Bertz CT molecular complexity index is 514. The largest absolute Gasteiger partial charge is 0.385 e. The van der Waals surface area contributed by atoms with Crippen LogP contribution in [0.2, 0.25) is 0 Å². The number of hydrogen-bond donors (Lipinski definition) is 2. The van der Waals surface area contributed by atoms with Gasteiger partial charge in [-0.15, -0.1) is 0 Å². The highest BCUT2D eigenvalue weighted by atomic mass is 15.2. The van der Waals surface area contributed by atoms with Crippen LogP contribution >= 0.6 is 0 Å². The molecule has 0 unspecified atom stereocenters. The Morgan fingerprint density at radius 1 is 1.10 bits per heavy atom. The molecule has 1 fully saturated rings. The fourth-order valence-corrected chi connectivity index (χ4v) is 2.85. The van der Waals surface area contributed by atoms with Crippen LogP contribution in [0.25, 0.3) is 0 Å². The van der Waals surface area contributed by atoms with E-state index in [4.69, 9.17) is 0 Å². The van der Waals surface area contributed by atoms with Crippen molar-refractivity contribution in [3.63, 3.8) is 0 Å². The first-order valence-corrected chi connectivity index (χ1v) is 7.62. The summed E-state index contributed by atoms with van der Waals surface area (Å²) in [7, 11) is 0. The maximum absolute atomic E-state index is 4.66. The smallest absolute Gasteiger partial charge is 0.153 e. The van der Waals surface area contributed by atoms with Gasteiger partial charge >= 0.3 is 0 Å². The van der Waals surface area contributed by atoms with Crippen LogP contribution in [0, 0.1) is 0 Å². The number of anilines is 1. The summed E-state index contributed by atoms with van der Waals surface area (Å²) in [4.78, 5) is 4.66. The Labute approximate surface area is 120 Å². The predicted octanol–water partition coefficient (Wildman–Crippen LogP) is 3.51. The van der Waals surface area contributed by atoms with Crippen molar-refractivity contribution in [3.05, 3.63) is 42.0 Å². The molecule has 1 aromatic heterocycles. The number of benzene rings is 1. The summed E-state index contributed by atoms with van der Waals surface area (Å²) in [6.07, 6.45) is 7.40. The SMILES string of the molecule is c1ccc(NCCc2nc(C3CCCCC3)n[nH]2)cc1. The Balaban J connectivity index is 1.50. The van der Waals surface area contributed by atoms with Gasteiger partial charge in [0.25, 0.3) is 0 Å². The summed E-state index contributed by atoms with van der Waals surface area (Å²) in [5.41, 5.74) is 1.15. The summed E-state index contributed by atoms with van der Waals surface area (Å²) in [6, 6.07) is 10.3. The number of aromatic nitrogens is 3. The van der Waals surface area contributed by atoms with Crippen LogP contribution in [0.15, 0.2) is 30.3 Å². The minimum Gasteiger partial charge on any atom is -0.385 e. The number of aromatic amines is 1. The first kappa shape index (κ1) is 13.2. The zero-order valence-corrected chi connectivity index (χ0v) is 11.8. The van der Waals surface area contributed by atoms with Crippen molar-refractivity contribution < 1.29 is 0 Å². The molecule has 0 saturated heterocycles. The van der Waals surface area contributed by atoms with Gasteiger partial charge in [-0.25, -0.2) is 4.98 Å². The monoisotopic (exact) mass is 270 g/mol. The highest BCUT2D eigenvalue weighted by molar-refractivity contribution is 5.42. The molecule has 1 aliphatic rings.